The normalized spacial score (nSPS) is 24.7. The second-order valence-electron chi connectivity index (χ2n) is 16.1. The van der Waals surface area contributed by atoms with Crippen molar-refractivity contribution in [1.29, 1.82) is 0 Å². The molecular weight excluding hydrogens is 719 g/mol. The average Bonchev–Trinajstić information content (AvgIpc) is 3.77. The summed E-state index contributed by atoms with van der Waals surface area (Å²) in [6.07, 6.45) is 4.49. The number of aromatic nitrogens is 3. The minimum atomic E-state index is -0.895. The zero-order valence-corrected chi connectivity index (χ0v) is 33.1. The molecule has 1 aromatic carbocycles. The van der Waals surface area contributed by atoms with Gasteiger partial charge < -0.3 is 29.0 Å². The van der Waals surface area contributed by atoms with Crippen molar-refractivity contribution < 1.29 is 28.6 Å². The number of aryl methyl sites for hydroxylation is 1. The minimum absolute atomic E-state index is 0.0158. The lowest BCUT2D eigenvalue weighted by Gasteiger charge is -2.50. The second-order valence-corrected chi connectivity index (χ2v) is 17.0. The fraction of sp³-hybridized carbons (Fsp3) is 0.537. The highest BCUT2D eigenvalue weighted by molar-refractivity contribution is 7.10. The number of carbonyl (C=O) groups excluding carboxylic acids is 3. The van der Waals surface area contributed by atoms with Gasteiger partial charge in [-0.15, -0.1) is 11.3 Å². The first-order valence-corrected chi connectivity index (χ1v) is 20.4. The van der Waals surface area contributed by atoms with Crippen molar-refractivity contribution in [3.05, 3.63) is 58.2 Å². The predicted octanol–water partition coefficient (Wildman–Crippen LogP) is 5.52. The Balaban J connectivity index is 1.21. The third-order valence-electron chi connectivity index (χ3n) is 11.7. The smallest absolute Gasteiger partial charge is 0.324 e. The van der Waals surface area contributed by atoms with Gasteiger partial charge >= 0.3 is 12.0 Å². The Bertz CT molecular complexity index is 2100. The molecule has 292 valence electrons. The van der Waals surface area contributed by atoms with E-state index in [0.29, 0.717) is 51.5 Å². The van der Waals surface area contributed by atoms with Gasteiger partial charge in [0.1, 0.15) is 12.1 Å². The van der Waals surface area contributed by atoms with Crippen molar-refractivity contribution in [3.63, 3.8) is 0 Å². The Hall–Kier alpha value is -4.37. The molecule has 6 bridgehead atoms. The van der Waals surface area contributed by atoms with Crippen LogP contribution in [0.1, 0.15) is 69.3 Å². The van der Waals surface area contributed by atoms with E-state index in [-0.39, 0.29) is 37.1 Å². The molecule has 0 spiro atoms. The lowest BCUT2D eigenvalue weighted by Crippen LogP contribution is -2.67. The highest BCUT2D eigenvalue weighted by Gasteiger charge is 2.45. The molecule has 5 atom stereocenters. The zero-order valence-electron chi connectivity index (χ0n) is 32.3. The highest BCUT2D eigenvalue weighted by Crippen LogP contribution is 2.42. The molecule has 0 radical (unpaired) electrons. The molecule has 3 saturated heterocycles. The van der Waals surface area contributed by atoms with Crippen LogP contribution >= 0.6 is 11.3 Å². The number of amides is 3. The second kappa shape index (κ2) is 15.3. The topological polar surface area (TPSA) is 140 Å². The predicted molar refractivity (Wildman–Crippen MR) is 209 cm³/mol. The van der Waals surface area contributed by atoms with E-state index in [1.807, 2.05) is 18.4 Å². The number of ether oxygens (including phenoxy) is 3. The number of benzene rings is 1. The van der Waals surface area contributed by atoms with Gasteiger partial charge in [-0.1, -0.05) is 19.9 Å². The number of methoxy groups -OCH3 is 1. The maximum Gasteiger partial charge on any atom is 0.324 e. The number of pyridine rings is 1. The summed E-state index contributed by atoms with van der Waals surface area (Å²) in [4.78, 5) is 53.2. The number of esters is 1. The molecule has 3 aromatic heterocycles. The molecule has 3 fully saturated rings. The maximum absolute atomic E-state index is 14.2. The van der Waals surface area contributed by atoms with E-state index in [2.05, 4.69) is 60.3 Å². The average molecular weight is 770 g/mol. The molecular formula is C41H51N7O6S. The first-order valence-electron chi connectivity index (χ1n) is 19.5. The Kier molecular flexibility index (Phi) is 10.4. The summed E-state index contributed by atoms with van der Waals surface area (Å²) < 4.78 is 19.9. The fourth-order valence-corrected chi connectivity index (χ4v) is 9.45. The van der Waals surface area contributed by atoms with E-state index in [9.17, 15) is 14.4 Å². The van der Waals surface area contributed by atoms with Gasteiger partial charge in [0.25, 0.3) is 5.91 Å². The largest absolute Gasteiger partial charge is 0.464 e. The first-order chi connectivity index (χ1) is 26.5. The molecule has 0 saturated carbocycles. The zero-order chi connectivity index (χ0) is 38.4. The van der Waals surface area contributed by atoms with Gasteiger partial charge in [0, 0.05) is 84.7 Å². The number of urea groups is 1. The van der Waals surface area contributed by atoms with Gasteiger partial charge in [0.15, 0.2) is 0 Å². The Morgan fingerprint density at radius 2 is 2.07 bits per heavy atom. The number of hydrogen-bond donors (Lipinski definition) is 2. The van der Waals surface area contributed by atoms with Crippen LogP contribution in [-0.2, 0) is 43.2 Å². The number of carbonyl (C=O) groups is 3. The molecule has 0 aliphatic carbocycles. The van der Waals surface area contributed by atoms with Crippen molar-refractivity contribution in [2.45, 2.75) is 90.6 Å². The number of nitrogens with one attached hydrogen (secondary N) is 2. The number of cyclic esters (lactones) is 1. The summed E-state index contributed by atoms with van der Waals surface area (Å²) in [7, 11) is 1.70. The van der Waals surface area contributed by atoms with Gasteiger partial charge in [-0.05, 0) is 69.4 Å². The van der Waals surface area contributed by atoms with E-state index in [1.165, 1.54) is 16.3 Å². The number of hydrazine groups is 1. The van der Waals surface area contributed by atoms with Crippen LogP contribution in [0, 0.1) is 11.3 Å². The quantitative estimate of drug-likeness (QED) is 0.252. The summed E-state index contributed by atoms with van der Waals surface area (Å²) in [5.74, 6) is -0.285. The molecule has 4 aliphatic heterocycles. The van der Waals surface area contributed by atoms with Gasteiger partial charge in [-0.2, -0.15) is 0 Å². The van der Waals surface area contributed by atoms with Crippen LogP contribution in [0.25, 0.3) is 33.4 Å². The summed E-state index contributed by atoms with van der Waals surface area (Å²) in [5.41, 5.74) is 9.63. The van der Waals surface area contributed by atoms with E-state index in [4.69, 9.17) is 24.2 Å². The molecule has 0 unspecified atom stereocenters. The number of hydrogen-bond acceptors (Lipinski definition) is 10. The van der Waals surface area contributed by atoms with Gasteiger partial charge in [0.2, 0.25) is 0 Å². The van der Waals surface area contributed by atoms with Crippen molar-refractivity contribution in [3.8, 4) is 22.5 Å². The van der Waals surface area contributed by atoms with Crippen molar-refractivity contribution >= 4 is 40.1 Å². The molecule has 13 nitrogen and oxygen atoms in total. The van der Waals surface area contributed by atoms with Gasteiger partial charge in [0.05, 0.1) is 47.4 Å². The monoisotopic (exact) mass is 769 g/mol. The summed E-state index contributed by atoms with van der Waals surface area (Å²) in [6, 6.07) is 8.68. The van der Waals surface area contributed by atoms with Crippen LogP contribution in [0.4, 0.5) is 4.79 Å². The molecule has 55 heavy (non-hydrogen) atoms. The van der Waals surface area contributed by atoms with Crippen LogP contribution in [0.2, 0.25) is 0 Å². The third kappa shape index (κ3) is 7.25. The standard InChI is InChI=1S/C41H51N7O6S/c1-6-46-33-12-11-25-17-28(33)29(37(46)27-9-7-14-42-36(27)24(2)52-5)19-41(3,4)23-54-39(50)30-10-8-15-48(45-30)38(49)31(18-35-43-32(25)22-55-35)44-40(51)47-20-26-13-16-53-21-34(26)47/h7,9,11-12,14,17,22,24,26,30-31,34,45H,6,8,10,13,15-16,18-21,23H2,1-5H3,(H,44,51)/t24-,26+,30-,31-,34+/m0/s1. The highest BCUT2D eigenvalue weighted by atomic mass is 32.1. The van der Waals surface area contributed by atoms with Crippen LogP contribution in [0.5, 0.6) is 0 Å². The van der Waals surface area contributed by atoms with Crippen molar-refractivity contribution in [2.75, 3.05) is 40.0 Å². The van der Waals surface area contributed by atoms with Gasteiger partial charge in [-0.3, -0.25) is 19.6 Å². The van der Waals surface area contributed by atoms with Crippen LogP contribution in [-0.4, -0.2) is 100 Å². The van der Waals surface area contributed by atoms with Gasteiger partial charge in [-0.25, -0.2) is 15.2 Å². The number of rotatable bonds is 5. The minimum Gasteiger partial charge on any atom is -0.464 e. The molecule has 3 amide bonds. The Labute approximate surface area is 325 Å². The summed E-state index contributed by atoms with van der Waals surface area (Å²) >= 11 is 1.47. The SMILES string of the molecule is CCn1c(-c2cccnc2[C@H](C)OC)c2c3cc(ccc31)-c1csc(n1)C[C@H](NC(=O)N1C[C@H]3CCOC[C@H]31)C(=O)N1CCC[C@H](N1)C(=O)OCC(C)(C)C2. The molecule has 14 heteroatoms. The van der Waals surface area contributed by atoms with E-state index >= 15 is 0 Å². The number of likely N-dealkylation sites (tertiary alicyclic amines) is 1. The van der Waals surface area contributed by atoms with Crippen LogP contribution < -0.4 is 10.7 Å². The lowest BCUT2D eigenvalue weighted by molar-refractivity contribution is -0.155. The van der Waals surface area contributed by atoms with E-state index in [0.717, 1.165) is 62.6 Å². The molecule has 8 rings (SSSR count). The van der Waals surface area contributed by atoms with E-state index in [1.54, 1.807) is 18.2 Å². The first kappa shape index (κ1) is 37.5. The summed E-state index contributed by atoms with van der Waals surface area (Å²) in [5, 5.41) is 8.38. The number of nitrogens with zero attached hydrogens (tertiary/aromatic N) is 5. The molecule has 7 heterocycles. The van der Waals surface area contributed by atoms with Crippen LogP contribution in [0.15, 0.2) is 41.9 Å². The molecule has 2 N–H and O–H groups in total. The maximum atomic E-state index is 14.2. The third-order valence-corrected chi connectivity index (χ3v) is 12.6. The van der Waals surface area contributed by atoms with E-state index < -0.39 is 23.5 Å². The molecule has 4 aromatic rings. The summed E-state index contributed by atoms with van der Waals surface area (Å²) in [6.45, 7) is 11.6. The molecule has 4 aliphatic rings. The number of thiazole rings is 1. The Morgan fingerprint density at radius 3 is 2.87 bits per heavy atom. The van der Waals surface area contributed by atoms with Crippen LogP contribution in [0.3, 0.4) is 0 Å². The lowest BCUT2D eigenvalue weighted by atomic mass is 9.84. The van der Waals surface area contributed by atoms with Crippen molar-refractivity contribution in [1.82, 2.24) is 35.2 Å². The fourth-order valence-electron chi connectivity index (χ4n) is 8.60. The number of fused-ring (bicyclic) bond motifs is 7. The Morgan fingerprint density at radius 1 is 1.22 bits per heavy atom. The van der Waals surface area contributed by atoms with Crippen molar-refractivity contribution in [2.24, 2.45) is 11.3 Å².